The van der Waals surface area contributed by atoms with Gasteiger partial charge in [0.25, 0.3) is 5.91 Å². The molecule has 1 aliphatic carbocycles. The molecule has 1 amide bonds. The summed E-state index contributed by atoms with van der Waals surface area (Å²) in [5.41, 5.74) is 2.31. The Hall–Kier alpha value is -0.870. The lowest BCUT2D eigenvalue weighted by molar-refractivity contribution is 0.0923. The summed E-state index contributed by atoms with van der Waals surface area (Å²) in [5, 5.41) is 9.04. The maximum Gasteiger partial charge on any atom is 0.252 e. The molecule has 2 fully saturated rings. The fourth-order valence-electron chi connectivity index (χ4n) is 4.31. The van der Waals surface area contributed by atoms with Crippen LogP contribution in [0.2, 0.25) is 0 Å². The summed E-state index contributed by atoms with van der Waals surface area (Å²) >= 11 is 1.79. The van der Waals surface area contributed by atoms with E-state index in [0.717, 1.165) is 37.2 Å². The maximum absolute atomic E-state index is 12.6. The lowest BCUT2D eigenvalue weighted by Gasteiger charge is -2.29. The molecule has 2 aliphatic heterocycles. The standard InChI is InChI=1S/C17H24N2OS/c1-10-2-5-14-15(9-21-16(14)6-10)17(20)19-13-7-11-3-4-12(8-13)18-11/h9-13,18H,2-8H2,1H3,(H,19,20). The second-order valence-electron chi connectivity index (χ2n) is 7.18. The largest absolute Gasteiger partial charge is 0.349 e. The molecule has 3 nitrogen and oxygen atoms in total. The third-order valence-corrected chi connectivity index (χ3v) is 6.51. The predicted molar refractivity (Wildman–Crippen MR) is 85.9 cm³/mol. The number of carbonyl (C=O) groups is 1. The van der Waals surface area contributed by atoms with Gasteiger partial charge in [0.2, 0.25) is 0 Å². The average molecular weight is 304 g/mol. The van der Waals surface area contributed by atoms with Crippen LogP contribution in [0.25, 0.3) is 0 Å². The highest BCUT2D eigenvalue weighted by molar-refractivity contribution is 7.10. The van der Waals surface area contributed by atoms with Crippen molar-refractivity contribution in [2.75, 3.05) is 0 Å². The van der Waals surface area contributed by atoms with Gasteiger partial charge in [-0.1, -0.05) is 6.92 Å². The molecule has 2 saturated heterocycles. The van der Waals surface area contributed by atoms with E-state index in [4.69, 9.17) is 0 Å². The van der Waals surface area contributed by atoms with Crippen LogP contribution in [-0.4, -0.2) is 24.0 Å². The monoisotopic (exact) mass is 304 g/mol. The third-order valence-electron chi connectivity index (χ3n) is 5.45. The van der Waals surface area contributed by atoms with E-state index in [1.807, 2.05) is 0 Å². The van der Waals surface area contributed by atoms with Gasteiger partial charge in [-0.25, -0.2) is 0 Å². The molecule has 0 radical (unpaired) electrons. The SMILES string of the molecule is CC1CCc2c(C(=O)NC3CC4CCC(C3)N4)csc2C1. The van der Waals surface area contributed by atoms with Gasteiger partial charge in [-0.15, -0.1) is 11.3 Å². The number of piperidine rings is 1. The maximum atomic E-state index is 12.6. The van der Waals surface area contributed by atoms with Crippen molar-refractivity contribution in [2.45, 2.75) is 70.0 Å². The first-order valence-electron chi connectivity index (χ1n) is 8.35. The van der Waals surface area contributed by atoms with Crippen LogP contribution in [0.5, 0.6) is 0 Å². The molecular formula is C17H24N2OS. The molecule has 0 spiro atoms. The van der Waals surface area contributed by atoms with Crippen LogP contribution in [0.4, 0.5) is 0 Å². The number of carbonyl (C=O) groups excluding carboxylic acids is 1. The van der Waals surface area contributed by atoms with E-state index < -0.39 is 0 Å². The molecule has 0 aromatic carbocycles. The first kappa shape index (κ1) is 13.8. The predicted octanol–water partition coefficient (Wildman–Crippen LogP) is 2.89. The summed E-state index contributed by atoms with van der Waals surface area (Å²) in [6, 6.07) is 1.63. The number of rotatable bonds is 2. The van der Waals surface area contributed by atoms with Gasteiger partial charge in [0, 0.05) is 28.4 Å². The number of fused-ring (bicyclic) bond motifs is 3. The van der Waals surface area contributed by atoms with Gasteiger partial charge in [-0.3, -0.25) is 4.79 Å². The van der Waals surface area contributed by atoms with Gasteiger partial charge < -0.3 is 10.6 Å². The normalized spacial score (nSPS) is 34.5. The average Bonchev–Trinajstić information content (AvgIpc) is 3.01. The molecule has 3 aliphatic rings. The van der Waals surface area contributed by atoms with E-state index in [0.29, 0.717) is 18.1 Å². The Kier molecular flexibility index (Phi) is 3.54. The summed E-state index contributed by atoms with van der Waals surface area (Å²) in [5.74, 6) is 0.945. The Morgan fingerprint density at radius 1 is 1.29 bits per heavy atom. The molecule has 3 heterocycles. The Labute approximate surface area is 130 Å². The molecule has 4 heteroatoms. The zero-order chi connectivity index (χ0) is 14.4. The molecule has 21 heavy (non-hydrogen) atoms. The van der Waals surface area contributed by atoms with Crippen LogP contribution in [0.1, 0.15) is 59.8 Å². The van der Waals surface area contributed by atoms with Gasteiger partial charge in [0.1, 0.15) is 0 Å². The topological polar surface area (TPSA) is 41.1 Å². The van der Waals surface area contributed by atoms with Crippen LogP contribution in [0.15, 0.2) is 5.38 Å². The van der Waals surface area contributed by atoms with Crippen molar-refractivity contribution in [3.63, 3.8) is 0 Å². The Morgan fingerprint density at radius 3 is 2.81 bits per heavy atom. The van der Waals surface area contributed by atoms with Crippen LogP contribution in [0, 0.1) is 5.92 Å². The van der Waals surface area contributed by atoms with Crippen molar-refractivity contribution < 1.29 is 4.79 Å². The zero-order valence-electron chi connectivity index (χ0n) is 12.7. The van der Waals surface area contributed by atoms with Gasteiger partial charge in [0.05, 0.1) is 5.56 Å². The van der Waals surface area contributed by atoms with Crippen LogP contribution >= 0.6 is 11.3 Å². The van der Waals surface area contributed by atoms with Gasteiger partial charge in [-0.05, 0) is 56.4 Å². The highest BCUT2D eigenvalue weighted by Gasteiger charge is 2.34. The molecule has 2 bridgehead atoms. The van der Waals surface area contributed by atoms with E-state index in [-0.39, 0.29) is 5.91 Å². The zero-order valence-corrected chi connectivity index (χ0v) is 13.5. The summed E-state index contributed by atoms with van der Waals surface area (Å²) < 4.78 is 0. The van der Waals surface area contributed by atoms with E-state index in [9.17, 15) is 4.79 Å². The summed E-state index contributed by atoms with van der Waals surface area (Å²) in [7, 11) is 0. The first-order chi connectivity index (χ1) is 10.2. The Bertz CT molecular complexity index is 541. The highest BCUT2D eigenvalue weighted by atomic mass is 32.1. The molecule has 3 atom stereocenters. The Balaban J connectivity index is 1.46. The molecule has 1 aromatic rings. The number of hydrogen-bond donors (Lipinski definition) is 2. The number of nitrogens with one attached hydrogen (secondary N) is 2. The summed E-state index contributed by atoms with van der Waals surface area (Å²) in [6.45, 7) is 2.31. The van der Waals surface area contributed by atoms with E-state index in [1.165, 1.54) is 29.7 Å². The fraction of sp³-hybridized carbons (Fsp3) is 0.706. The first-order valence-corrected chi connectivity index (χ1v) is 9.23. The van der Waals surface area contributed by atoms with Gasteiger partial charge in [-0.2, -0.15) is 0 Å². The van der Waals surface area contributed by atoms with Crippen molar-refractivity contribution in [3.05, 3.63) is 21.4 Å². The number of hydrogen-bond acceptors (Lipinski definition) is 3. The van der Waals surface area contributed by atoms with Gasteiger partial charge >= 0.3 is 0 Å². The molecule has 0 saturated carbocycles. The molecule has 114 valence electrons. The molecular weight excluding hydrogens is 280 g/mol. The molecule has 2 N–H and O–H groups in total. The molecule has 4 rings (SSSR count). The number of thiophene rings is 1. The van der Waals surface area contributed by atoms with Crippen molar-refractivity contribution in [2.24, 2.45) is 5.92 Å². The fourth-order valence-corrected chi connectivity index (χ4v) is 5.55. The quantitative estimate of drug-likeness (QED) is 0.882. The van der Waals surface area contributed by atoms with Crippen molar-refractivity contribution >= 4 is 17.2 Å². The second-order valence-corrected chi connectivity index (χ2v) is 8.14. The van der Waals surface area contributed by atoms with Crippen molar-refractivity contribution in [3.8, 4) is 0 Å². The van der Waals surface area contributed by atoms with Crippen molar-refractivity contribution in [1.82, 2.24) is 10.6 Å². The van der Waals surface area contributed by atoms with Crippen molar-refractivity contribution in [1.29, 1.82) is 0 Å². The third kappa shape index (κ3) is 2.64. The highest BCUT2D eigenvalue weighted by Crippen LogP contribution is 2.33. The molecule has 3 unspecified atom stereocenters. The van der Waals surface area contributed by atoms with E-state index in [1.54, 1.807) is 11.3 Å². The Morgan fingerprint density at radius 2 is 2.05 bits per heavy atom. The number of amides is 1. The minimum Gasteiger partial charge on any atom is -0.349 e. The summed E-state index contributed by atoms with van der Waals surface area (Å²) in [6.07, 6.45) is 8.23. The molecule has 1 aromatic heterocycles. The smallest absolute Gasteiger partial charge is 0.252 e. The lowest BCUT2D eigenvalue weighted by atomic mass is 9.88. The van der Waals surface area contributed by atoms with Crippen LogP contribution in [-0.2, 0) is 12.8 Å². The minimum atomic E-state index is 0.174. The van der Waals surface area contributed by atoms with Crippen LogP contribution in [0.3, 0.4) is 0 Å². The summed E-state index contributed by atoms with van der Waals surface area (Å²) in [4.78, 5) is 14.1. The van der Waals surface area contributed by atoms with E-state index >= 15 is 0 Å². The lowest BCUT2D eigenvalue weighted by Crippen LogP contribution is -2.48. The van der Waals surface area contributed by atoms with Gasteiger partial charge in [0.15, 0.2) is 0 Å². The second kappa shape index (κ2) is 5.40. The minimum absolute atomic E-state index is 0.174. The van der Waals surface area contributed by atoms with E-state index in [2.05, 4.69) is 22.9 Å². The van der Waals surface area contributed by atoms with Crippen LogP contribution < -0.4 is 10.6 Å².